The minimum Gasteiger partial charge on any atom is -0.394 e. The highest BCUT2D eigenvalue weighted by Crippen LogP contribution is 2.50. The van der Waals surface area contributed by atoms with Crippen molar-refractivity contribution in [2.45, 2.75) is 55.1 Å². The molecule has 5 atom stereocenters. The van der Waals surface area contributed by atoms with Gasteiger partial charge in [-0.3, -0.25) is 0 Å². The summed E-state index contributed by atoms with van der Waals surface area (Å²) in [6.07, 6.45) is -2.85. The molecule has 0 saturated carbocycles. The van der Waals surface area contributed by atoms with E-state index in [-0.39, 0.29) is 25.9 Å². The van der Waals surface area contributed by atoms with Crippen LogP contribution in [0.2, 0.25) is 0 Å². The van der Waals surface area contributed by atoms with Crippen LogP contribution < -0.4 is 0 Å². The van der Waals surface area contributed by atoms with Crippen molar-refractivity contribution in [3.8, 4) is 0 Å². The van der Waals surface area contributed by atoms with Gasteiger partial charge in [0.2, 0.25) is 0 Å². The predicted octanol–water partition coefficient (Wildman–Crippen LogP) is 3.84. The lowest BCUT2D eigenvalue weighted by molar-refractivity contribution is -0.404. The van der Waals surface area contributed by atoms with Crippen molar-refractivity contribution in [2.24, 2.45) is 0 Å². The van der Waals surface area contributed by atoms with Crippen LogP contribution in [-0.2, 0) is 35.3 Å². The van der Waals surface area contributed by atoms with Crippen molar-refractivity contribution >= 4 is 0 Å². The van der Waals surface area contributed by atoms with Crippen LogP contribution in [-0.4, -0.2) is 56.2 Å². The van der Waals surface area contributed by atoms with Crippen LogP contribution in [0.3, 0.4) is 0 Å². The van der Waals surface area contributed by atoms with Crippen LogP contribution in [0.5, 0.6) is 0 Å². The van der Waals surface area contributed by atoms with Crippen LogP contribution >= 0.6 is 0 Å². The lowest BCUT2D eigenvalue weighted by Gasteiger charge is -2.61. The van der Waals surface area contributed by atoms with Gasteiger partial charge in [0.05, 0.1) is 13.2 Å². The van der Waals surface area contributed by atoms with Gasteiger partial charge in [-0.15, -0.1) is 0 Å². The molecule has 1 saturated heterocycles. The van der Waals surface area contributed by atoms with Gasteiger partial charge in [0, 0.05) is 19.3 Å². The molecule has 0 aromatic heterocycles. The molecule has 40 heavy (non-hydrogen) atoms. The average molecular weight is 541 g/mol. The molecule has 0 amide bonds. The highest BCUT2D eigenvalue weighted by atomic mass is 16.7. The SMILES string of the molecule is OC[C@H]1O[C@@H](OCc2ccccc2)[C@@](O)(Cc2ccccc2)[C@](O)(Cc2ccccc2)[C@]1(O)Cc1ccccc1. The molecule has 0 spiro atoms. The Labute approximate surface area is 235 Å². The normalized spacial score (nSPS) is 28.3. The molecule has 1 heterocycles. The second kappa shape index (κ2) is 12.0. The third-order valence-electron chi connectivity index (χ3n) is 7.99. The second-order valence-corrected chi connectivity index (χ2v) is 10.6. The monoisotopic (exact) mass is 540 g/mol. The van der Waals surface area contributed by atoms with E-state index in [1.54, 1.807) is 0 Å². The molecule has 4 N–H and O–H groups in total. The smallest absolute Gasteiger partial charge is 0.190 e. The number of hydrogen-bond acceptors (Lipinski definition) is 6. The molecule has 0 aliphatic carbocycles. The molecule has 4 aromatic rings. The highest BCUT2D eigenvalue weighted by Gasteiger charge is 2.71. The highest BCUT2D eigenvalue weighted by molar-refractivity contribution is 5.32. The summed E-state index contributed by atoms with van der Waals surface area (Å²) < 4.78 is 12.4. The zero-order chi connectivity index (χ0) is 28.1. The number of hydrogen-bond donors (Lipinski definition) is 4. The predicted molar refractivity (Wildman–Crippen MR) is 152 cm³/mol. The Kier molecular flexibility index (Phi) is 8.47. The number of benzene rings is 4. The Bertz CT molecular complexity index is 1340. The number of ether oxygens (including phenoxy) is 2. The van der Waals surface area contributed by atoms with Gasteiger partial charge in [-0.05, 0) is 22.3 Å². The van der Waals surface area contributed by atoms with E-state index in [0.717, 1.165) is 16.7 Å². The zero-order valence-electron chi connectivity index (χ0n) is 22.3. The summed E-state index contributed by atoms with van der Waals surface area (Å²) in [5.74, 6) is 0. The fourth-order valence-electron chi connectivity index (χ4n) is 5.83. The molecule has 4 aromatic carbocycles. The Balaban J connectivity index is 1.65. The van der Waals surface area contributed by atoms with Crippen molar-refractivity contribution in [1.82, 2.24) is 0 Å². The number of rotatable bonds is 10. The van der Waals surface area contributed by atoms with Crippen molar-refractivity contribution in [3.63, 3.8) is 0 Å². The van der Waals surface area contributed by atoms with Crippen molar-refractivity contribution in [2.75, 3.05) is 6.61 Å². The summed E-state index contributed by atoms with van der Waals surface area (Å²) in [7, 11) is 0. The van der Waals surface area contributed by atoms with E-state index in [4.69, 9.17) is 9.47 Å². The van der Waals surface area contributed by atoms with Gasteiger partial charge in [-0.25, -0.2) is 0 Å². The summed E-state index contributed by atoms with van der Waals surface area (Å²) in [4.78, 5) is 0. The summed E-state index contributed by atoms with van der Waals surface area (Å²) in [6.45, 7) is -0.494. The first-order valence-corrected chi connectivity index (χ1v) is 13.6. The minimum absolute atomic E-state index is 0.0636. The maximum atomic E-state index is 12.9. The lowest BCUT2D eigenvalue weighted by Crippen LogP contribution is -2.82. The van der Waals surface area contributed by atoms with E-state index in [2.05, 4.69) is 0 Å². The van der Waals surface area contributed by atoms with E-state index < -0.39 is 35.8 Å². The Morgan fingerprint density at radius 1 is 0.550 bits per heavy atom. The van der Waals surface area contributed by atoms with E-state index in [9.17, 15) is 20.4 Å². The number of aliphatic hydroxyl groups excluding tert-OH is 1. The molecular weight excluding hydrogens is 504 g/mol. The van der Waals surface area contributed by atoms with Crippen LogP contribution in [0, 0.1) is 0 Å². The van der Waals surface area contributed by atoms with E-state index in [0.29, 0.717) is 5.56 Å². The average Bonchev–Trinajstić information content (AvgIpc) is 2.98. The lowest BCUT2D eigenvalue weighted by atomic mass is 9.60. The Hall–Kier alpha value is -3.36. The van der Waals surface area contributed by atoms with E-state index in [1.807, 2.05) is 121 Å². The standard InChI is InChI=1S/C34H36O6/c35-24-30-32(36,21-26-13-5-1-6-14-26)34(38,23-28-17-9-3-10-18-28)33(37,22-27-15-7-2-8-16-27)31(40-30)39-25-29-19-11-4-12-20-29/h1-20,30-31,35-38H,21-25H2/t30-,31-,32+,33+,34+/m1/s1. The fourth-order valence-corrected chi connectivity index (χ4v) is 5.83. The maximum absolute atomic E-state index is 12.9. The van der Waals surface area contributed by atoms with Crippen molar-refractivity contribution in [1.29, 1.82) is 0 Å². The van der Waals surface area contributed by atoms with E-state index in [1.165, 1.54) is 0 Å². The molecular formula is C34H36O6. The molecule has 6 heteroatoms. The molecule has 1 aliphatic rings. The largest absolute Gasteiger partial charge is 0.394 e. The van der Waals surface area contributed by atoms with Crippen LogP contribution in [0.25, 0.3) is 0 Å². The van der Waals surface area contributed by atoms with Gasteiger partial charge >= 0.3 is 0 Å². The maximum Gasteiger partial charge on any atom is 0.190 e. The molecule has 0 radical (unpaired) electrons. The Morgan fingerprint density at radius 3 is 1.40 bits per heavy atom. The first-order chi connectivity index (χ1) is 19.4. The van der Waals surface area contributed by atoms with Gasteiger partial charge in [-0.1, -0.05) is 121 Å². The third kappa shape index (κ3) is 5.47. The van der Waals surface area contributed by atoms with E-state index >= 15 is 0 Å². The molecule has 0 unspecified atom stereocenters. The topological polar surface area (TPSA) is 99.4 Å². The molecule has 1 fully saturated rings. The van der Waals surface area contributed by atoms with Crippen LogP contribution in [0.1, 0.15) is 22.3 Å². The first-order valence-electron chi connectivity index (χ1n) is 13.6. The fraction of sp³-hybridized carbons (Fsp3) is 0.294. The van der Waals surface area contributed by atoms with Gasteiger partial charge < -0.3 is 29.9 Å². The van der Waals surface area contributed by atoms with Crippen LogP contribution in [0.15, 0.2) is 121 Å². The molecule has 0 bridgehead atoms. The van der Waals surface area contributed by atoms with Gasteiger partial charge in [0.25, 0.3) is 0 Å². The molecule has 6 nitrogen and oxygen atoms in total. The van der Waals surface area contributed by atoms with Crippen molar-refractivity contribution < 1.29 is 29.9 Å². The summed E-state index contributed by atoms with van der Waals surface area (Å²) in [6, 6.07) is 37.2. The molecule has 5 rings (SSSR count). The quantitative estimate of drug-likeness (QED) is 0.244. The second-order valence-electron chi connectivity index (χ2n) is 10.6. The molecule has 1 aliphatic heterocycles. The van der Waals surface area contributed by atoms with Gasteiger partial charge in [0.15, 0.2) is 11.9 Å². The van der Waals surface area contributed by atoms with Crippen LogP contribution in [0.4, 0.5) is 0 Å². The van der Waals surface area contributed by atoms with Gasteiger partial charge in [0.1, 0.15) is 17.3 Å². The molecule has 208 valence electrons. The minimum atomic E-state index is -2.21. The van der Waals surface area contributed by atoms with Gasteiger partial charge in [-0.2, -0.15) is 0 Å². The summed E-state index contributed by atoms with van der Waals surface area (Å²) >= 11 is 0. The summed E-state index contributed by atoms with van der Waals surface area (Å²) in [5.41, 5.74) is -3.39. The van der Waals surface area contributed by atoms with Crippen molar-refractivity contribution in [3.05, 3.63) is 144 Å². The summed E-state index contributed by atoms with van der Waals surface area (Å²) in [5, 5.41) is 48.7. The Morgan fingerprint density at radius 2 is 0.950 bits per heavy atom. The first kappa shape index (κ1) is 28.2. The number of aliphatic hydroxyl groups is 4. The third-order valence-corrected chi connectivity index (χ3v) is 7.99. The zero-order valence-corrected chi connectivity index (χ0v) is 22.3.